The Morgan fingerprint density at radius 1 is 0.944 bits per heavy atom. The molecule has 2 atom stereocenters. The summed E-state index contributed by atoms with van der Waals surface area (Å²) in [5.41, 5.74) is 1.74. The summed E-state index contributed by atoms with van der Waals surface area (Å²) in [5.74, 6) is 0.697. The summed E-state index contributed by atoms with van der Waals surface area (Å²) >= 11 is 0. The van der Waals surface area contributed by atoms with Crippen molar-refractivity contribution in [3.63, 3.8) is 0 Å². The van der Waals surface area contributed by atoms with E-state index >= 15 is 0 Å². The van der Waals surface area contributed by atoms with Crippen LogP contribution in [0.2, 0.25) is 0 Å². The number of fused-ring (bicyclic) bond motifs is 1. The first-order valence-corrected chi connectivity index (χ1v) is 6.12. The Bertz CT molecular complexity index is 575. The average Bonchev–Trinajstić information content (AvgIpc) is 2.44. The van der Waals surface area contributed by atoms with Gasteiger partial charge in [0.2, 0.25) is 0 Å². The van der Waals surface area contributed by atoms with Crippen molar-refractivity contribution < 1.29 is 9.53 Å². The summed E-state index contributed by atoms with van der Waals surface area (Å²) in [5, 5.41) is 0. The summed E-state index contributed by atoms with van der Waals surface area (Å²) < 4.78 is 5.98. The van der Waals surface area contributed by atoms with E-state index in [9.17, 15) is 4.79 Å². The predicted molar refractivity (Wildman–Crippen MR) is 69.7 cm³/mol. The van der Waals surface area contributed by atoms with E-state index in [-0.39, 0.29) is 17.8 Å². The molecule has 0 aromatic heterocycles. The Kier molecular flexibility index (Phi) is 2.63. The molecular weight excluding hydrogens is 224 g/mol. The number of benzene rings is 2. The highest BCUT2D eigenvalue weighted by Gasteiger charge is 2.34. The zero-order chi connectivity index (χ0) is 12.5. The molecule has 2 aromatic carbocycles. The number of Topliss-reactive ketones (excluding diaryl/α,β-unsaturated/α-hetero) is 1. The molecule has 0 saturated carbocycles. The van der Waals surface area contributed by atoms with E-state index in [1.165, 1.54) is 0 Å². The van der Waals surface area contributed by atoms with Crippen molar-refractivity contribution >= 4 is 5.78 Å². The maximum Gasteiger partial charge on any atom is 0.173 e. The Labute approximate surface area is 106 Å². The van der Waals surface area contributed by atoms with Gasteiger partial charge in [-0.25, -0.2) is 0 Å². The second kappa shape index (κ2) is 4.30. The molecule has 0 N–H and O–H groups in total. The van der Waals surface area contributed by atoms with Crippen LogP contribution in [0.3, 0.4) is 0 Å². The van der Waals surface area contributed by atoms with Gasteiger partial charge < -0.3 is 4.74 Å². The molecule has 2 aromatic rings. The molecule has 0 unspecified atom stereocenters. The standard InChI is InChI=1S/C16H14O2/c1-11-15(17)13-9-5-6-10-14(13)18-16(11)12-7-3-2-4-8-12/h2-11,16H,1H3/t11-,16+/m1/s1. The quantitative estimate of drug-likeness (QED) is 0.758. The monoisotopic (exact) mass is 238 g/mol. The van der Waals surface area contributed by atoms with E-state index in [1.807, 2.05) is 61.5 Å². The van der Waals surface area contributed by atoms with Crippen molar-refractivity contribution in [2.75, 3.05) is 0 Å². The van der Waals surface area contributed by atoms with Crippen LogP contribution in [0, 0.1) is 5.92 Å². The van der Waals surface area contributed by atoms with Crippen molar-refractivity contribution in [3.05, 3.63) is 65.7 Å². The summed E-state index contributed by atoms with van der Waals surface area (Å²) in [6.45, 7) is 1.93. The van der Waals surface area contributed by atoms with Gasteiger partial charge in [-0.3, -0.25) is 4.79 Å². The molecular formula is C16H14O2. The van der Waals surface area contributed by atoms with Crippen molar-refractivity contribution in [1.29, 1.82) is 0 Å². The molecule has 90 valence electrons. The molecule has 3 rings (SSSR count). The minimum Gasteiger partial charge on any atom is -0.484 e. The number of carbonyl (C=O) groups is 1. The van der Waals surface area contributed by atoms with Gasteiger partial charge in [-0.1, -0.05) is 49.4 Å². The first-order chi connectivity index (χ1) is 8.77. The normalized spacial score (nSPS) is 22.2. The lowest BCUT2D eigenvalue weighted by molar-refractivity contribution is 0.0690. The number of rotatable bonds is 1. The molecule has 0 bridgehead atoms. The minimum absolute atomic E-state index is 0.151. The molecule has 0 amide bonds. The van der Waals surface area contributed by atoms with Gasteiger partial charge in [-0.05, 0) is 17.7 Å². The second-order valence-corrected chi connectivity index (χ2v) is 4.60. The zero-order valence-corrected chi connectivity index (χ0v) is 10.2. The third-order valence-electron chi connectivity index (χ3n) is 3.40. The lowest BCUT2D eigenvalue weighted by Gasteiger charge is -2.30. The van der Waals surface area contributed by atoms with E-state index in [0.29, 0.717) is 11.3 Å². The van der Waals surface area contributed by atoms with Crippen LogP contribution < -0.4 is 4.74 Å². The molecule has 0 aliphatic carbocycles. The van der Waals surface area contributed by atoms with E-state index in [4.69, 9.17) is 4.74 Å². The first-order valence-electron chi connectivity index (χ1n) is 6.12. The fraction of sp³-hybridized carbons (Fsp3) is 0.188. The molecule has 0 radical (unpaired) electrons. The van der Waals surface area contributed by atoms with Crippen LogP contribution in [0.15, 0.2) is 54.6 Å². The fourth-order valence-electron chi connectivity index (χ4n) is 2.39. The predicted octanol–water partition coefficient (Wildman–Crippen LogP) is 3.64. The molecule has 1 heterocycles. The molecule has 1 aliphatic heterocycles. The average molecular weight is 238 g/mol. The molecule has 18 heavy (non-hydrogen) atoms. The minimum atomic E-state index is -0.186. The van der Waals surface area contributed by atoms with Gasteiger partial charge in [0.1, 0.15) is 11.9 Å². The van der Waals surface area contributed by atoms with Crippen LogP contribution >= 0.6 is 0 Å². The van der Waals surface area contributed by atoms with E-state index in [2.05, 4.69) is 0 Å². The topological polar surface area (TPSA) is 26.3 Å². The van der Waals surface area contributed by atoms with E-state index in [0.717, 1.165) is 5.56 Å². The third kappa shape index (κ3) is 1.70. The summed E-state index contributed by atoms with van der Waals surface area (Å²) in [4.78, 5) is 12.3. The number of hydrogen-bond donors (Lipinski definition) is 0. The van der Waals surface area contributed by atoms with Gasteiger partial charge in [0.15, 0.2) is 5.78 Å². The Balaban J connectivity index is 2.04. The number of carbonyl (C=O) groups excluding carboxylic acids is 1. The van der Waals surface area contributed by atoms with Gasteiger partial charge >= 0.3 is 0 Å². The van der Waals surface area contributed by atoms with Gasteiger partial charge in [0.25, 0.3) is 0 Å². The SMILES string of the molecule is C[C@@H]1C(=O)c2ccccc2O[C@@H]1c1ccccc1. The molecule has 2 nitrogen and oxygen atoms in total. The Morgan fingerprint density at radius 3 is 2.39 bits per heavy atom. The fourth-order valence-corrected chi connectivity index (χ4v) is 2.39. The maximum atomic E-state index is 12.3. The maximum absolute atomic E-state index is 12.3. The number of ether oxygens (including phenoxy) is 1. The van der Waals surface area contributed by atoms with Gasteiger partial charge in [0.05, 0.1) is 11.5 Å². The Morgan fingerprint density at radius 2 is 1.61 bits per heavy atom. The molecule has 0 saturated heterocycles. The van der Waals surface area contributed by atoms with Crippen molar-refractivity contribution in [2.24, 2.45) is 5.92 Å². The number of hydrogen-bond acceptors (Lipinski definition) is 2. The van der Waals surface area contributed by atoms with Gasteiger partial charge in [-0.15, -0.1) is 0 Å². The van der Waals surface area contributed by atoms with Gasteiger partial charge in [-0.2, -0.15) is 0 Å². The lowest BCUT2D eigenvalue weighted by Crippen LogP contribution is -2.29. The van der Waals surface area contributed by atoms with Crippen LogP contribution in [0.25, 0.3) is 0 Å². The van der Waals surface area contributed by atoms with Crippen molar-refractivity contribution in [1.82, 2.24) is 0 Å². The number of ketones is 1. The smallest absolute Gasteiger partial charge is 0.173 e. The van der Waals surface area contributed by atoms with Crippen LogP contribution in [0.5, 0.6) is 5.75 Å². The van der Waals surface area contributed by atoms with Crippen LogP contribution in [-0.4, -0.2) is 5.78 Å². The van der Waals surface area contributed by atoms with Gasteiger partial charge in [0, 0.05) is 0 Å². The summed E-state index contributed by atoms with van der Waals surface area (Å²) in [7, 11) is 0. The second-order valence-electron chi connectivity index (χ2n) is 4.60. The highest BCUT2D eigenvalue weighted by Crippen LogP contribution is 2.38. The Hall–Kier alpha value is -2.09. The van der Waals surface area contributed by atoms with Crippen LogP contribution in [-0.2, 0) is 0 Å². The molecule has 0 fully saturated rings. The molecule has 0 spiro atoms. The number of para-hydroxylation sites is 1. The molecule has 1 aliphatic rings. The highest BCUT2D eigenvalue weighted by molar-refractivity contribution is 6.01. The van der Waals surface area contributed by atoms with Crippen molar-refractivity contribution in [2.45, 2.75) is 13.0 Å². The third-order valence-corrected chi connectivity index (χ3v) is 3.40. The lowest BCUT2D eigenvalue weighted by atomic mass is 9.87. The van der Waals surface area contributed by atoms with Crippen LogP contribution in [0.4, 0.5) is 0 Å². The van der Waals surface area contributed by atoms with Crippen LogP contribution in [0.1, 0.15) is 28.9 Å². The van der Waals surface area contributed by atoms with E-state index in [1.54, 1.807) is 0 Å². The molecule has 2 heteroatoms. The summed E-state index contributed by atoms with van der Waals surface area (Å²) in [6, 6.07) is 17.4. The first kappa shape index (κ1) is 11.0. The summed E-state index contributed by atoms with van der Waals surface area (Å²) in [6.07, 6.45) is -0.186. The zero-order valence-electron chi connectivity index (χ0n) is 10.2. The van der Waals surface area contributed by atoms with Crippen molar-refractivity contribution in [3.8, 4) is 5.75 Å². The van der Waals surface area contributed by atoms with E-state index < -0.39 is 0 Å². The largest absolute Gasteiger partial charge is 0.484 e. The highest BCUT2D eigenvalue weighted by atomic mass is 16.5.